The number of aliphatic carboxylic acids is 1. The maximum Gasteiger partial charge on any atom is 0.326 e. The molecule has 4 nitrogen and oxygen atoms in total. The topological polar surface area (TPSA) is 66.4 Å². The van der Waals surface area contributed by atoms with Crippen LogP contribution in [0.15, 0.2) is 0 Å². The molecule has 4 heteroatoms. The maximum atomic E-state index is 12.7. The van der Waals surface area contributed by atoms with Gasteiger partial charge in [0, 0.05) is 5.41 Å². The molecule has 0 heterocycles. The van der Waals surface area contributed by atoms with E-state index in [-0.39, 0.29) is 11.8 Å². The number of hydrogen-bond acceptors (Lipinski definition) is 2. The highest BCUT2D eigenvalue weighted by atomic mass is 16.4. The van der Waals surface area contributed by atoms with Crippen molar-refractivity contribution in [2.75, 3.05) is 0 Å². The van der Waals surface area contributed by atoms with Crippen molar-refractivity contribution in [2.45, 2.75) is 92.0 Å². The van der Waals surface area contributed by atoms with E-state index in [1.807, 2.05) is 20.8 Å². The zero-order valence-electron chi connectivity index (χ0n) is 16.2. The van der Waals surface area contributed by atoms with Gasteiger partial charge in [0.05, 0.1) is 0 Å². The molecule has 1 rings (SSSR count). The summed E-state index contributed by atoms with van der Waals surface area (Å²) in [6.45, 7) is 10.4. The van der Waals surface area contributed by atoms with Crippen molar-refractivity contribution >= 4 is 11.9 Å². The van der Waals surface area contributed by atoms with Crippen LogP contribution in [-0.4, -0.2) is 23.0 Å². The minimum atomic E-state index is -0.927. The van der Waals surface area contributed by atoms with Crippen LogP contribution < -0.4 is 5.32 Å². The Morgan fingerprint density at radius 3 is 2.25 bits per heavy atom. The molecule has 1 unspecified atom stereocenters. The van der Waals surface area contributed by atoms with Crippen molar-refractivity contribution in [1.29, 1.82) is 0 Å². The number of carbonyl (C=O) groups excluding carboxylic acids is 1. The second kappa shape index (κ2) is 9.43. The van der Waals surface area contributed by atoms with E-state index >= 15 is 0 Å². The Kier molecular flexibility index (Phi) is 8.24. The molecule has 0 aromatic rings. The Hall–Kier alpha value is -1.06. The Bertz CT molecular complexity index is 411. The molecule has 2 N–H and O–H groups in total. The van der Waals surface area contributed by atoms with Crippen LogP contribution in [0.25, 0.3) is 0 Å². The number of rotatable bonds is 9. The van der Waals surface area contributed by atoms with Crippen LogP contribution in [0.1, 0.15) is 86.0 Å². The summed E-state index contributed by atoms with van der Waals surface area (Å²) >= 11 is 0. The Balaban J connectivity index is 2.52. The zero-order valence-corrected chi connectivity index (χ0v) is 16.2. The molecule has 0 aromatic carbocycles. The summed E-state index contributed by atoms with van der Waals surface area (Å²) in [7, 11) is 0. The summed E-state index contributed by atoms with van der Waals surface area (Å²) in [5.74, 6) is 0.439. The van der Waals surface area contributed by atoms with Crippen LogP contribution in [0.3, 0.4) is 0 Å². The van der Waals surface area contributed by atoms with E-state index in [2.05, 4.69) is 19.2 Å². The fourth-order valence-electron chi connectivity index (χ4n) is 3.64. The molecular formula is C20H37NO3. The van der Waals surface area contributed by atoms with Gasteiger partial charge >= 0.3 is 5.97 Å². The molecule has 1 saturated carbocycles. The molecule has 1 fully saturated rings. The number of carboxylic acid groups (broad SMARTS) is 1. The summed E-state index contributed by atoms with van der Waals surface area (Å²) < 4.78 is 0. The third-order valence-corrected chi connectivity index (χ3v) is 5.92. The van der Waals surface area contributed by atoms with Gasteiger partial charge in [-0.25, -0.2) is 4.79 Å². The normalized spacial score (nSPS) is 26.8. The number of carboxylic acids is 1. The molecule has 0 radical (unpaired) electrons. The van der Waals surface area contributed by atoms with Crippen molar-refractivity contribution in [3.63, 3.8) is 0 Å². The van der Waals surface area contributed by atoms with Crippen LogP contribution in [0, 0.1) is 23.2 Å². The van der Waals surface area contributed by atoms with E-state index in [1.165, 1.54) is 19.3 Å². The minimum Gasteiger partial charge on any atom is -0.480 e. The van der Waals surface area contributed by atoms with Gasteiger partial charge in [-0.1, -0.05) is 60.3 Å². The average Bonchev–Trinajstić information content (AvgIpc) is 2.53. The number of nitrogens with one attached hydrogen (secondary N) is 1. The second-order valence-electron chi connectivity index (χ2n) is 8.50. The lowest BCUT2D eigenvalue weighted by molar-refractivity contribution is -0.146. The lowest BCUT2D eigenvalue weighted by Gasteiger charge is -2.37. The van der Waals surface area contributed by atoms with E-state index in [1.54, 1.807) is 0 Å². The predicted octanol–water partition coefficient (Wildman–Crippen LogP) is 4.62. The van der Waals surface area contributed by atoms with Gasteiger partial charge in [0.25, 0.3) is 0 Å². The number of amides is 1. The predicted molar refractivity (Wildman–Crippen MR) is 97.8 cm³/mol. The van der Waals surface area contributed by atoms with Crippen molar-refractivity contribution in [3.8, 4) is 0 Å². The summed E-state index contributed by atoms with van der Waals surface area (Å²) in [4.78, 5) is 24.1. The summed E-state index contributed by atoms with van der Waals surface area (Å²) in [6, 6.07) is -0.775. The average molecular weight is 340 g/mol. The lowest BCUT2D eigenvalue weighted by Crippen LogP contribution is -2.51. The van der Waals surface area contributed by atoms with Gasteiger partial charge in [-0.3, -0.25) is 4.79 Å². The van der Waals surface area contributed by atoms with Gasteiger partial charge in [0.15, 0.2) is 0 Å². The van der Waals surface area contributed by atoms with Crippen LogP contribution in [0.5, 0.6) is 0 Å². The first-order valence-electron chi connectivity index (χ1n) is 9.73. The van der Waals surface area contributed by atoms with E-state index in [0.717, 1.165) is 43.9 Å². The Labute approximate surface area is 147 Å². The first-order chi connectivity index (χ1) is 11.2. The van der Waals surface area contributed by atoms with E-state index in [4.69, 9.17) is 0 Å². The molecule has 24 heavy (non-hydrogen) atoms. The lowest BCUT2D eigenvalue weighted by atomic mass is 9.70. The highest BCUT2D eigenvalue weighted by molar-refractivity contribution is 5.87. The highest BCUT2D eigenvalue weighted by Gasteiger charge is 2.39. The Morgan fingerprint density at radius 2 is 1.79 bits per heavy atom. The second-order valence-corrected chi connectivity index (χ2v) is 8.50. The molecule has 0 saturated heterocycles. The summed E-state index contributed by atoms with van der Waals surface area (Å²) in [6.07, 6.45) is 8.48. The van der Waals surface area contributed by atoms with Gasteiger partial charge in [-0.15, -0.1) is 0 Å². The van der Waals surface area contributed by atoms with E-state index in [0.29, 0.717) is 0 Å². The van der Waals surface area contributed by atoms with Crippen molar-refractivity contribution < 1.29 is 14.7 Å². The molecule has 140 valence electrons. The third kappa shape index (κ3) is 6.10. The monoisotopic (exact) mass is 339 g/mol. The Morgan fingerprint density at radius 1 is 1.21 bits per heavy atom. The third-order valence-electron chi connectivity index (χ3n) is 5.92. The van der Waals surface area contributed by atoms with Crippen LogP contribution in [-0.2, 0) is 9.59 Å². The summed E-state index contributed by atoms with van der Waals surface area (Å²) in [5, 5.41) is 12.2. The van der Waals surface area contributed by atoms with E-state index < -0.39 is 17.4 Å². The maximum absolute atomic E-state index is 12.7. The van der Waals surface area contributed by atoms with E-state index in [9.17, 15) is 14.7 Å². The van der Waals surface area contributed by atoms with Crippen molar-refractivity contribution in [2.24, 2.45) is 23.2 Å². The van der Waals surface area contributed by atoms with Gasteiger partial charge in [-0.05, 0) is 43.4 Å². The van der Waals surface area contributed by atoms with Crippen LogP contribution >= 0.6 is 0 Å². The zero-order chi connectivity index (χ0) is 18.3. The standard InChI is InChI=1S/C20H37NO3/c1-6-15(4)17(18(22)23)21-19(24)20(5)12-10-16(11-13-20)9-7-8-14(2)3/h14-17H,6-13H2,1-5H3,(H,21,24)(H,22,23)/t15?,16-,17-,20-/m0/s1. The molecule has 0 aliphatic heterocycles. The molecule has 0 spiro atoms. The van der Waals surface area contributed by atoms with Crippen molar-refractivity contribution in [3.05, 3.63) is 0 Å². The SMILES string of the molecule is CCC(C)[C@H](NC(=O)[C@]1(C)CC[C@@H](CCCC(C)C)CC1)C(=O)O. The largest absolute Gasteiger partial charge is 0.480 e. The fourth-order valence-corrected chi connectivity index (χ4v) is 3.64. The molecular weight excluding hydrogens is 302 g/mol. The van der Waals surface area contributed by atoms with Gasteiger partial charge in [-0.2, -0.15) is 0 Å². The molecule has 1 amide bonds. The fraction of sp³-hybridized carbons (Fsp3) is 0.900. The molecule has 1 aliphatic rings. The molecule has 1 aliphatic carbocycles. The molecule has 2 atom stereocenters. The minimum absolute atomic E-state index is 0.0533. The summed E-state index contributed by atoms with van der Waals surface area (Å²) in [5.41, 5.74) is -0.407. The number of carbonyl (C=O) groups is 2. The van der Waals surface area contributed by atoms with Crippen LogP contribution in [0.2, 0.25) is 0 Å². The van der Waals surface area contributed by atoms with Gasteiger partial charge < -0.3 is 10.4 Å². The van der Waals surface area contributed by atoms with Crippen molar-refractivity contribution in [1.82, 2.24) is 5.32 Å². The first-order valence-corrected chi connectivity index (χ1v) is 9.73. The first kappa shape index (κ1) is 21.0. The molecule has 0 bridgehead atoms. The quantitative estimate of drug-likeness (QED) is 0.644. The van der Waals surface area contributed by atoms with Gasteiger partial charge in [0.1, 0.15) is 6.04 Å². The van der Waals surface area contributed by atoms with Crippen LogP contribution in [0.4, 0.5) is 0 Å². The number of hydrogen-bond donors (Lipinski definition) is 2. The smallest absolute Gasteiger partial charge is 0.326 e. The highest BCUT2D eigenvalue weighted by Crippen LogP contribution is 2.40. The van der Waals surface area contributed by atoms with Gasteiger partial charge in [0.2, 0.25) is 5.91 Å². The molecule has 0 aromatic heterocycles.